The van der Waals surface area contributed by atoms with Crippen LogP contribution in [0.4, 0.5) is 15.8 Å². The number of aryl methyl sites for hydroxylation is 1. The lowest BCUT2D eigenvalue weighted by Crippen LogP contribution is -2.49. The Morgan fingerprint density at radius 1 is 0.938 bits per heavy atom. The highest BCUT2D eigenvalue weighted by atomic mass is 19.1. The van der Waals surface area contributed by atoms with Crippen LogP contribution in [-0.4, -0.2) is 59.7 Å². The van der Waals surface area contributed by atoms with E-state index in [9.17, 15) is 18.8 Å². The largest absolute Gasteiger partial charge is 0.354 e. The molecule has 10 nitrogen and oxygen atoms in total. The van der Waals surface area contributed by atoms with Crippen LogP contribution in [0, 0.1) is 11.7 Å². The fourth-order valence-electron chi connectivity index (χ4n) is 5.38. The second-order valence-electron chi connectivity index (χ2n) is 12.6. The van der Waals surface area contributed by atoms with E-state index in [0.29, 0.717) is 42.4 Å². The second kappa shape index (κ2) is 15.7. The summed E-state index contributed by atoms with van der Waals surface area (Å²) in [5.41, 5.74) is 3.71. The van der Waals surface area contributed by atoms with Gasteiger partial charge in [0, 0.05) is 67.5 Å². The van der Waals surface area contributed by atoms with Crippen molar-refractivity contribution in [1.82, 2.24) is 31.0 Å². The van der Waals surface area contributed by atoms with Gasteiger partial charge in [-0.05, 0) is 87.1 Å². The van der Waals surface area contributed by atoms with E-state index < -0.39 is 6.04 Å². The molecule has 3 amide bonds. The number of anilines is 2. The molecular weight excluding hydrogens is 609 g/mol. The number of aromatic nitrogens is 2. The summed E-state index contributed by atoms with van der Waals surface area (Å²) >= 11 is 0. The summed E-state index contributed by atoms with van der Waals surface area (Å²) < 4.78 is 15.4. The molecule has 252 valence electrons. The van der Waals surface area contributed by atoms with Gasteiger partial charge < -0.3 is 26.2 Å². The van der Waals surface area contributed by atoms with Gasteiger partial charge in [-0.2, -0.15) is 5.10 Å². The molecule has 0 aliphatic heterocycles. The normalized spacial score (nSPS) is 14.4. The molecule has 1 heterocycles. The van der Waals surface area contributed by atoms with Gasteiger partial charge in [-0.1, -0.05) is 30.3 Å². The van der Waals surface area contributed by atoms with Crippen molar-refractivity contribution in [3.05, 3.63) is 113 Å². The first-order chi connectivity index (χ1) is 23.0. The fraction of sp³-hybridized carbons (Fsp3) is 0.351. The molecule has 4 aromatic rings. The number of carbonyl (C=O) groups is 3. The van der Waals surface area contributed by atoms with Gasteiger partial charge in [-0.25, -0.2) is 4.39 Å². The number of halogens is 1. The van der Waals surface area contributed by atoms with Crippen LogP contribution in [-0.2, 0) is 18.3 Å². The number of nitrogens with one attached hydrogen (secondary N) is 4. The molecule has 0 saturated heterocycles. The minimum atomic E-state index is -0.441. The van der Waals surface area contributed by atoms with Crippen molar-refractivity contribution in [2.24, 2.45) is 13.0 Å². The SMILES string of the molecule is CC(NC(=O)c1cc(C(=O)N[C@H](CN[C@@H](C)C(=O)NCC2CC2)Cc2ccccc2)cc(N(C)c2ccc(F)cc2)c1)c1cnn(C)c1. The Hall–Kier alpha value is -5.03. The van der Waals surface area contributed by atoms with Crippen LogP contribution in [0.25, 0.3) is 0 Å². The van der Waals surface area contributed by atoms with E-state index in [1.165, 1.54) is 12.1 Å². The molecule has 1 unspecified atom stereocenters. The highest BCUT2D eigenvalue weighted by Crippen LogP contribution is 2.28. The molecule has 5 rings (SSSR count). The average molecular weight is 654 g/mol. The van der Waals surface area contributed by atoms with Crippen LogP contribution in [0.2, 0.25) is 0 Å². The molecule has 1 fully saturated rings. The van der Waals surface area contributed by atoms with Crippen molar-refractivity contribution in [1.29, 1.82) is 0 Å². The van der Waals surface area contributed by atoms with Crippen LogP contribution in [0.5, 0.6) is 0 Å². The second-order valence-corrected chi connectivity index (χ2v) is 12.6. The number of amides is 3. The molecule has 0 spiro atoms. The molecule has 48 heavy (non-hydrogen) atoms. The molecule has 1 aliphatic carbocycles. The molecule has 4 N–H and O–H groups in total. The Morgan fingerprint density at radius 3 is 2.23 bits per heavy atom. The van der Waals surface area contributed by atoms with Crippen LogP contribution in [0.15, 0.2) is 85.2 Å². The number of hydrogen-bond acceptors (Lipinski definition) is 6. The Labute approximate surface area is 281 Å². The number of hydrogen-bond donors (Lipinski definition) is 4. The number of nitrogens with zero attached hydrogens (tertiary/aromatic N) is 3. The molecule has 3 aromatic carbocycles. The zero-order valence-corrected chi connectivity index (χ0v) is 27.9. The Morgan fingerprint density at radius 2 is 1.60 bits per heavy atom. The van der Waals surface area contributed by atoms with Gasteiger partial charge >= 0.3 is 0 Å². The van der Waals surface area contributed by atoms with Crippen molar-refractivity contribution in [2.45, 2.75) is 51.2 Å². The third-order valence-electron chi connectivity index (χ3n) is 8.60. The van der Waals surface area contributed by atoms with E-state index in [2.05, 4.69) is 26.4 Å². The molecule has 0 bridgehead atoms. The highest BCUT2D eigenvalue weighted by molar-refractivity contribution is 6.01. The van der Waals surface area contributed by atoms with E-state index in [0.717, 1.165) is 24.0 Å². The summed E-state index contributed by atoms with van der Waals surface area (Å²) in [5, 5.41) is 16.6. The molecule has 3 atom stereocenters. The Kier molecular flexibility index (Phi) is 11.2. The molecule has 1 saturated carbocycles. The quantitative estimate of drug-likeness (QED) is 0.148. The van der Waals surface area contributed by atoms with E-state index >= 15 is 0 Å². The minimum absolute atomic E-state index is 0.0700. The van der Waals surface area contributed by atoms with E-state index in [1.807, 2.05) is 57.4 Å². The van der Waals surface area contributed by atoms with Crippen LogP contribution in [0.3, 0.4) is 0 Å². The van der Waals surface area contributed by atoms with Gasteiger partial charge in [0.05, 0.1) is 18.3 Å². The lowest BCUT2D eigenvalue weighted by Gasteiger charge is -2.24. The van der Waals surface area contributed by atoms with Crippen molar-refractivity contribution < 1.29 is 18.8 Å². The minimum Gasteiger partial charge on any atom is -0.354 e. The van der Waals surface area contributed by atoms with Crippen LogP contribution in [0.1, 0.15) is 64.6 Å². The first-order valence-corrected chi connectivity index (χ1v) is 16.4. The predicted molar refractivity (Wildman–Crippen MR) is 185 cm³/mol. The average Bonchev–Trinajstić information content (AvgIpc) is 3.82. The van der Waals surface area contributed by atoms with Gasteiger partial charge in [0.1, 0.15) is 5.82 Å². The van der Waals surface area contributed by atoms with Crippen LogP contribution >= 0.6 is 0 Å². The van der Waals surface area contributed by atoms with Gasteiger partial charge in [-0.3, -0.25) is 19.1 Å². The third-order valence-corrected chi connectivity index (χ3v) is 8.60. The Bertz CT molecular complexity index is 1710. The summed E-state index contributed by atoms with van der Waals surface area (Å²) in [6, 6.07) is 19.7. The van der Waals surface area contributed by atoms with E-state index in [1.54, 1.807) is 53.2 Å². The maximum atomic E-state index is 14.0. The molecule has 0 radical (unpaired) electrons. The lowest BCUT2D eigenvalue weighted by atomic mass is 10.0. The maximum Gasteiger partial charge on any atom is 0.251 e. The van der Waals surface area contributed by atoms with Crippen molar-refractivity contribution in [3.63, 3.8) is 0 Å². The smallest absolute Gasteiger partial charge is 0.251 e. The van der Waals surface area contributed by atoms with Crippen molar-refractivity contribution in [3.8, 4) is 0 Å². The van der Waals surface area contributed by atoms with Gasteiger partial charge in [0.25, 0.3) is 11.8 Å². The third kappa shape index (κ3) is 9.51. The fourth-order valence-corrected chi connectivity index (χ4v) is 5.38. The first kappa shape index (κ1) is 34.3. The van der Waals surface area contributed by atoms with E-state index in [-0.39, 0.29) is 41.2 Å². The summed E-state index contributed by atoms with van der Waals surface area (Å²) in [6.45, 7) is 4.72. The van der Waals surface area contributed by atoms with Gasteiger partial charge in [0.15, 0.2) is 0 Å². The number of benzene rings is 3. The first-order valence-electron chi connectivity index (χ1n) is 16.4. The molecular formula is C37H44FN7O3. The zero-order valence-electron chi connectivity index (χ0n) is 27.9. The van der Waals surface area contributed by atoms with E-state index in [4.69, 9.17) is 0 Å². The highest BCUT2D eigenvalue weighted by Gasteiger charge is 2.24. The summed E-state index contributed by atoms with van der Waals surface area (Å²) in [4.78, 5) is 42.0. The zero-order chi connectivity index (χ0) is 34.2. The topological polar surface area (TPSA) is 120 Å². The van der Waals surface area contributed by atoms with Crippen molar-refractivity contribution >= 4 is 29.1 Å². The molecule has 1 aliphatic rings. The van der Waals surface area contributed by atoms with Crippen molar-refractivity contribution in [2.75, 3.05) is 25.0 Å². The summed E-state index contributed by atoms with van der Waals surface area (Å²) in [6.07, 6.45) is 6.37. The number of rotatable bonds is 15. The maximum absolute atomic E-state index is 14.0. The predicted octanol–water partition coefficient (Wildman–Crippen LogP) is 4.66. The standard InChI is InChI=1S/C37H44FN7O3/c1-24(30-21-41-44(3)23-30)42-36(47)28-17-29(19-34(18-28)45(4)33-14-12-31(38)13-15-33)37(48)43-32(16-26-8-6-5-7-9-26)22-39-25(2)35(46)40-20-27-10-11-27/h5-9,12-15,17-19,21,23-25,27,32,39H,10-11,16,20,22H2,1-4H3,(H,40,46)(H,42,47)(H,43,48)/t24?,25-,32-/m0/s1. The lowest BCUT2D eigenvalue weighted by molar-refractivity contribution is -0.122. The molecule has 11 heteroatoms. The van der Waals surface area contributed by atoms with Crippen LogP contribution < -0.4 is 26.2 Å². The summed E-state index contributed by atoms with van der Waals surface area (Å²) in [5.74, 6) is -0.581. The monoisotopic (exact) mass is 653 g/mol. The van der Waals surface area contributed by atoms with Gasteiger partial charge in [-0.15, -0.1) is 0 Å². The van der Waals surface area contributed by atoms with Gasteiger partial charge in [0.2, 0.25) is 5.91 Å². The number of carbonyl (C=O) groups excluding carboxylic acids is 3. The Balaban J connectivity index is 1.38. The molecule has 1 aromatic heterocycles. The summed E-state index contributed by atoms with van der Waals surface area (Å²) in [7, 11) is 3.60.